The van der Waals surface area contributed by atoms with Crippen LogP contribution in [0.5, 0.6) is 5.75 Å². The van der Waals surface area contributed by atoms with Gasteiger partial charge in [0.15, 0.2) is 16.6 Å². The molecule has 3 heterocycles. The van der Waals surface area contributed by atoms with Crippen molar-refractivity contribution < 1.29 is 9.15 Å². The van der Waals surface area contributed by atoms with Crippen molar-refractivity contribution in [2.75, 3.05) is 7.11 Å². The number of aromatic nitrogens is 5. The van der Waals surface area contributed by atoms with Gasteiger partial charge in [0, 0.05) is 23.6 Å². The molecule has 0 unspecified atom stereocenters. The van der Waals surface area contributed by atoms with Gasteiger partial charge >= 0.3 is 0 Å². The molecule has 0 fully saturated rings. The van der Waals surface area contributed by atoms with Crippen LogP contribution < -0.4 is 4.74 Å². The molecule has 5 aromatic rings. The molecule has 0 bridgehead atoms. The normalized spacial score (nSPS) is 11.1. The molecule has 30 heavy (non-hydrogen) atoms. The van der Waals surface area contributed by atoms with Crippen LogP contribution in [0.1, 0.15) is 5.89 Å². The lowest BCUT2D eigenvalue weighted by molar-refractivity contribution is 0.414. The van der Waals surface area contributed by atoms with Crippen LogP contribution >= 0.6 is 11.8 Å². The Morgan fingerprint density at radius 1 is 0.967 bits per heavy atom. The molecule has 148 valence electrons. The zero-order valence-corrected chi connectivity index (χ0v) is 16.9. The number of oxazole rings is 1. The summed E-state index contributed by atoms with van der Waals surface area (Å²) in [5.74, 6) is 2.72. The van der Waals surface area contributed by atoms with Gasteiger partial charge in [0.1, 0.15) is 11.3 Å². The molecular formula is C22H17N5O2S. The fourth-order valence-electron chi connectivity index (χ4n) is 3.12. The highest BCUT2D eigenvalue weighted by Gasteiger charge is 2.17. The Morgan fingerprint density at radius 3 is 2.53 bits per heavy atom. The standard InChI is InChI=1S/C22H17N5O2S/c1-28-17-8-6-16(7-9-17)27-21(15-10-12-23-13-11-15)25-26-22(27)30-14-20-24-18-4-2-3-5-19(18)29-20/h2-13H,14H2,1H3. The Balaban J connectivity index is 1.51. The predicted molar refractivity (Wildman–Crippen MR) is 115 cm³/mol. The van der Waals surface area contributed by atoms with E-state index in [0.29, 0.717) is 11.6 Å². The molecule has 0 aliphatic heterocycles. The van der Waals surface area contributed by atoms with Crippen LogP contribution in [-0.2, 0) is 5.75 Å². The average molecular weight is 415 g/mol. The number of benzene rings is 2. The third-order valence-corrected chi connectivity index (χ3v) is 5.48. The van der Waals surface area contributed by atoms with E-state index in [-0.39, 0.29) is 0 Å². The molecule has 7 nitrogen and oxygen atoms in total. The van der Waals surface area contributed by atoms with Crippen molar-refractivity contribution in [2.45, 2.75) is 10.9 Å². The van der Waals surface area contributed by atoms with E-state index >= 15 is 0 Å². The number of pyridine rings is 1. The first-order chi connectivity index (χ1) is 14.8. The SMILES string of the molecule is COc1ccc(-n2c(SCc3nc4ccccc4o3)nnc2-c2ccncc2)cc1. The summed E-state index contributed by atoms with van der Waals surface area (Å²) in [4.78, 5) is 8.65. The Labute approximate surface area is 176 Å². The van der Waals surface area contributed by atoms with Crippen molar-refractivity contribution >= 4 is 22.9 Å². The van der Waals surface area contributed by atoms with Gasteiger partial charge in [-0.05, 0) is 48.5 Å². The lowest BCUT2D eigenvalue weighted by Crippen LogP contribution is -2.00. The Kier molecular flexibility index (Phi) is 4.90. The van der Waals surface area contributed by atoms with E-state index in [1.54, 1.807) is 19.5 Å². The van der Waals surface area contributed by atoms with Gasteiger partial charge in [0.2, 0.25) is 5.89 Å². The summed E-state index contributed by atoms with van der Waals surface area (Å²) in [6, 6.07) is 19.4. The zero-order valence-electron chi connectivity index (χ0n) is 16.1. The van der Waals surface area contributed by atoms with Gasteiger partial charge in [-0.3, -0.25) is 9.55 Å². The van der Waals surface area contributed by atoms with E-state index in [0.717, 1.165) is 39.1 Å². The first-order valence-corrected chi connectivity index (χ1v) is 10.3. The molecule has 0 aliphatic carbocycles. The summed E-state index contributed by atoms with van der Waals surface area (Å²) in [6.45, 7) is 0. The summed E-state index contributed by atoms with van der Waals surface area (Å²) in [5.41, 5.74) is 3.50. The monoisotopic (exact) mass is 415 g/mol. The van der Waals surface area contributed by atoms with Crippen LogP contribution in [0.15, 0.2) is 82.6 Å². The van der Waals surface area contributed by atoms with Crippen LogP contribution in [0.4, 0.5) is 0 Å². The molecule has 0 aliphatic rings. The third-order valence-electron chi connectivity index (χ3n) is 4.57. The molecule has 0 spiro atoms. The average Bonchev–Trinajstić information content (AvgIpc) is 3.42. The second-order valence-corrected chi connectivity index (χ2v) is 7.38. The minimum atomic E-state index is 0.541. The van der Waals surface area contributed by atoms with Crippen LogP contribution in [-0.4, -0.2) is 31.8 Å². The maximum atomic E-state index is 5.84. The first-order valence-electron chi connectivity index (χ1n) is 9.29. The fourth-order valence-corrected chi connectivity index (χ4v) is 3.92. The van der Waals surface area contributed by atoms with Gasteiger partial charge in [-0.25, -0.2) is 4.98 Å². The number of nitrogens with zero attached hydrogens (tertiary/aromatic N) is 5. The highest BCUT2D eigenvalue weighted by molar-refractivity contribution is 7.98. The van der Waals surface area contributed by atoms with E-state index in [4.69, 9.17) is 9.15 Å². The van der Waals surface area contributed by atoms with E-state index in [2.05, 4.69) is 20.2 Å². The summed E-state index contributed by atoms with van der Waals surface area (Å²) in [6.07, 6.45) is 3.49. The lowest BCUT2D eigenvalue weighted by atomic mass is 10.2. The fraction of sp³-hybridized carbons (Fsp3) is 0.0909. The number of ether oxygens (including phenoxy) is 1. The van der Waals surface area contributed by atoms with Crippen molar-refractivity contribution in [1.82, 2.24) is 24.7 Å². The number of hydrogen-bond acceptors (Lipinski definition) is 7. The molecule has 0 amide bonds. The summed E-state index contributed by atoms with van der Waals surface area (Å²) >= 11 is 1.52. The number of hydrogen-bond donors (Lipinski definition) is 0. The number of para-hydroxylation sites is 2. The first kappa shape index (κ1) is 18.4. The summed E-state index contributed by atoms with van der Waals surface area (Å²) in [7, 11) is 1.65. The molecule has 2 aromatic carbocycles. The molecule has 8 heteroatoms. The van der Waals surface area contributed by atoms with E-state index in [1.807, 2.05) is 65.2 Å². The minimum absolute atomic E-state index is 0.541. The predicted octanol–water partition coefficient (Wildman–Crippen LogP) is 4.77. The maximum Gasteiger partial charge on any atom is 0.205 e. The summed E-state index contributed by atoms with van der Waals surface area (Å²) < 4.78 is 13.2. The maximum absolute atomic E-state index is 5.84. The van der Waals surface area contributed by atoms with Crippen molar-refractivity contribution in [3.05, 3.63) is 78.9 Å². The van der Waals surface area contributed by atoms with Crippen LogP contribution in [0.2, 0.25) is 0 Å². The van der Waals surface area contributed by atoms with Crippen molar-refractivity contribution in [1.29, 1.82) is 0 Å². The van der Waals surface area contributed by atoms with E-state index in [1.165, 1.54) is 11.8 Å². The van der Waals surface area contributed by atoms with E-state index in [9.17, 15) is 0 Å². The molecule has 5 rings (SSSR count). The second kappa shape index (κ2) is 8.00. The molecule has 0 atom stereocenters. The molecule has 0 radical (unpaired) electrons. The van der Waals surface area contributed by atoms with Crippen LogP contribution in [0, 0.1) is 0 Å². The second-order valence-electron chi connectivity index (χ2n) is 6.44. The highest BCUT2D eigenvalue weighted by Crippen LogP contribution is 2.30. The summed E-state index contributed by atoms with van der Waals surface area (Å²) in [5, 5.41) is 9.62. The van der Waals surface area contributed by atoms with Crippen LogP contribution in [0.25, 0.3) is 28.2 Å². The largest absolute Gasteiger partial charge is 0.497 e. The molecule has 3 aromatic heterocycles. The Hall–Kier alpha value is -3.65. The Bertz CT molecular complexity index is 1250. The number of thioether (sulfide) groups is 1. The van der Waals surface area contributed by atoms with Crippen molar-refractivity contribution in [3.8, 4) is 22.8 Å². The van der Waals surface area contributed by atoms with Crippen LogP contribution in [0.3, 0.4) is 0 Å². The minimum Gasteiger partial charge on any atom is -0.497 e. The van der Waals surface area contributed by atoms with Gasteiger partial charge in [-0.1, -0.05) is 23.9 Å². The third kappa shape index (κ3) is 3.53. The number of fused-ring (bicyclic) bond motifs is 1. The highest BCUT2D eigenvalue weighted by atomic mass is 32.2. The van der Waals surface area contributed by atoms with Gasteiger partial charge in [0.05, 0.1) is 12.9 Å². The van der Waals surface area contributed by atoms with Gasteiger partial charge in [0.25, 0.3) is 0 Å². The van der Waals surface area contributed by atoms with Gasteiger partial charge < -0.3 is 9.15 Å². The van der Waals surface area contributed by atoms with Crippen molar-refractivity contribution in [3.63, 3.8) is 0 Å². The molecule has 0 N–H and O–H groups in total. The quantitative estimate of drug-likeness (QED) is 0.370. The molecular weight excluding hydrogens is 398 g/mol. The Morgan fingerprint density at radius 2 is 1.77 bits per heavy atom. The van der Waals surface area contributed by atoms with E-state index < -0.39 is 0 Å². The molecule has 0 saturated heterocycles. The van der Waals surface area contributed by atoms with Crippen molar-refractivity contribution in [2.24, 2.45) is 0 Å². The number of rotatable bonds is 6. The zero-order chi connectivity index (χ0) is 20.3. The lowest BCUT2D eigenvalue weighted by Gasteiger charge is -2.10. The molecule has 0 saturated carbocycles. The number of methoxy groups -OCH3 is 1. The van der Waals surface area contributed by atoms with Gasteiger partial charge in [-0.2, -0.15) is 0 Å². The smallest absolute Gasteiger partial charge is 0.205 e. The topological polar surface area (TPSA) is 78.9 Å². The van der Waals surface area contributed by atoms with Gasteiger partial charge in [-0.15, -0.1) is 10.2 Å².